The second-order valence-electron chi connectivity index (χ2n) is 9.73. The van der Waals surface area contributed by atoms with Crippen LogP contribution in [0.1, 0.15) is 51.8 Å². The number of carboxylic acid groups (broad SMARTS) is 2. The van der Waals surface area contributed by atoms with Gasteiger partial charge in [-0.15, -0.1) is 0 Å². The zero-order chi connectivity index (χ0) is 28.9. The molecule has 6 N–H and O–H groups in total. The number of benzene rings is 3. The van der Waals surface area contributed by atoms with Crippen LogP contribution < -0.4 is 21.3 Å². The number of hydrogen-bond donors (Lipinski definition) is 6. The second-order valence-corrected chi connectivity index (χ2v) is 9.73. The van der Waals surface area contributed by atoms with E-state index in [1.54, 1.807) is 48.5 Å². The summed E-state index contributed by atoms with van der Waals surface area (Å²) in [4.78, 5) is 48.0. The van der Waals surface area contributed by atoms with E-state index < -0.39 is 11.9 Å². The van der Waals surface area contributed by atoms with Crippen LogP contribution in [-0.4, -0.2) is 48.5 Å². The molecule has 4 rings (SSSR count). The summed E-state index contributed by atoms with van der Waals surface area (Å²) in [6, 6.07) is 18.9. The number of amides is 1. The molecule has 0 bridgehead atoms. The van der Waals surface area contributed by atoms with Crippen molar-refractivity contribution in [3.05, 3.63) is 89.5 Å². The largest absolute Gasteiger partial charge is 0.478 e. The molecule has 0 saturated carbocycles. The molecule has 1 amide bonds. The molecule has 40 heavy (non-hydrogen) atoms. The van der Waals surface area contributed by atoms with E-state index in [9.17, 15) is 14.4 Å². The van der Waals surface area contributed by atoms with Crippen molar-refractivity contribution in [2.75, 3.05) is 16.0 Å². The third-order valence-corrected chi connectivity index (χ3v) is 5.30. The van der Waals surface area contributed by atoms with E-state index in [1.807, 2.05) is 20.8 Å². The second kappa shape index (κ2) is 11.5. The predicted molar refractivity (Wildman–Crippen MR) is 150 cm³/mol. The van der Waals surface area contributed by atoms with Crippen molar-refractivity contribution in [3.8, 4) is 0 Å². The molecule has 12 heteroatoms. The lowest BCUT2D eigenvalue weighted by molar-refractivity contribution is 0.0686. The van der Waals surface area contributed by atoms with Crippen LogP contribution in [0.15, 0.2) is 72.8 Å². The third kappa shape index (κ3) is 7.51. The van der Waals surface area contributed by atoms with Gasteiger partial charge in [-0.2, -0.15) is 15.0 Å². The fourth-order valence-corrected chi connectivity index (χ4v) is 3.44. The van der Waals surface area contributed by atoms with E-state index in [1.165, 1.54) is 24.3 Å². The van der Waals surface area contributed by atoms with Gasteiger partial charge in [-0.1, -0.05) is 0 Å². The molecular weight excluding hydrogens is 514 g/mol. The maximum atomic E-state index is 12.4. The maximum absolute atomic E-state index is 12.4. The molecule has 1 aromatic heterocycles. The Bertz CT molecular complexity index is 1450. The van der Waals surface area contributed by atoms with Gasteiger partial charge in [-0.05, 0) is 93.6 Å². The minimum atomic E-state index is -1.04. The Morgan fingerprint density at radius 2 is 0.850 bits per heavy atom. The average molecular weight is 542 g/mol. The highest BCUT2D eigenvalue weighted by Gasteiger charge is 2.15. The van der Waals surface area contributed by atoms with Gasteiger partial charge in [0.2, 0.25) is 17.8 Å². The fraction of sp³-hybridized carbons (Fsp3) is 0.143. The lowest BCUT2D eigenvalue weighted by Crippen LogP contribution is -2.40. The van der Waals surface area contributed by atoms with Crippen molar-refractivity contribution in [1.29, 1.82) is 0 Å². The Morgan fingerprint density at radius 3 is 1.12 bits per heavy atom. The van der Waals surface area contributed by atoms with Gasteiger partial charge in [0.15, 0.2) is 0 Å². The first-order valence-corrected chi connectivity index (χ1v) is 12.1. The summed E-state index contributed by atoms with van der Waals surface area (Å²) in [7, 11) is 0. The molecule has 1 heterocycles. The fourth-order valence-electron chi connectivity index (χ4n) is 3.44. The molecule has 204 valence electrons. The number of carboxylic acids is 2. The van der Waals surface area contributed by atoms with Gasteiger partial charge < -0.3 is 31.5 Å². The van der Waals surface area contributed by atoms with Crippen molar-refractivity contribution in [3.63, 3.8) is 0 Å². The lowest BCUT2D eigenvalue weighted by Gasteiger charge is -2.20. The number of anilines is 6. The van der Waals surface area contributed by atoms with Crippen LogP contribution in [0, 0.1) is 0 Å². The van der Waals surface area contributed by atoms with Gasteiger partial charge in [-0.3, -0.25) is 4.79 Å². The Hall–Kier alpha value is -5.52. The summed E-state index contributed by atoms with van der Waals surface area (Å²) in [5.74, 6) is -1.78. The van der Waals surface area contributed by atoms with Crippen molar-refractivity contribution in [2.45, 2.75) is 26.3 Å². The molecule has 12 nitrogen and oxygen atoms in total. The molecule has 4 aromatic rings. The quantitative estimate of drug-likeness (QED) is 0.167. The van der Waals surface area contributed by atoms with Gasteiger partial charge in [0.25, 0.3) is 5.91 Å². The highest BCUT2D eigenvalue weighted by Crippen LogP contribution is 2.22. The molecule has 0 radical (unpaired) electrons. The number of nitrogens with one attached hydrogen (secondary N) is 4. The number of hydrogen-bond acceptors (Lipinski definition) is 9. The first-order valence-electron chi connectivity index (χ1n) is 12.1. The van der Waals surface area contributed by atoms with Crippen molar-refractivity contribution < 1.29 is 24.6 Å². The summed E-state index contributed by atoms with van der Waals surface area (Å²) in [6.45, 7) is 5.71. The summed E-state index contributed by atoms with van der Waals surface area (Å²) in [5, 5.41) is 30.3. The molecule has 0 unspecified atom stereocenters. The van der Waals surface area contributed by atoms with Crippen LogP contribution in [-0.2, 0) is 0 Å². The molecule has 0 atom stereocenters. The van der Waals surface area contributed by atoms with E-state index in [0.717, 1.165) is 0 Å². The number of carbonyl (C=O) groups is 3. The maximum Gasteiger partial charge on any atom is 0.335 e. The standard InChI is InChI=1S/C28H27N7O5/c1-28(2,3)35-22(36)16-4-10-19(11-5-16)29-25-32-26(30-20-12-6-17(7-13-20)23(37)38)34-27(33-25)31-21-14-8-18(9-15-21)24(39)40/h4-15H,1-3H3,(H,35,36)(H,37,38)(H,39,40)(H3,29,30,31,32,33,34). The van der Waals surface area contributed by atoms with Crippen molar-refractivity contribution in [2.24, 2.45) is 0 Å². The van der Waals surface area contributed by atoms with Crippen LogP contribution >= 0.6 is 0 Å². The molecule has 0 fully saturated rings. The third-order valence-electron chi connectivity index (χ3n) is 5.30. The van der Waals surface area contributed by atoms with Crippen molar-refractivity contribution in [1.82, 2.24) is 20.3 Å². The van der Waals surface area contributed by atoms with Gasteiger partial charge >= 0.3 is 11.9 Å². The van der Waals surface area contributed by atoms with Crippen LogP contribution in [0.25, 0.3) is 0 Å². The van der Waals surface area contributed by atoms with E-state index >= 15 is 0 Å². The average Bonchev–Trinajstić information content (AvgIpc) is 2.88. The summed E-state index contributed by atoms with van der Waals surface area (Å²) >= 11 is 0. The van der Waals surface area contributed by atoms with Gasteiger partial charge in [0, 0.05) is 28.2 Å². The SMILES string of the molecule is CC(C)(C)NC(=O)c1ccc(Nc2nc(Nc3ccc(C(=O)O)cc3)nc(Nc3ccc(C(=O)O)cc3)n2)cc1. The van der Waals surface area contributed by atoms with Gasteiger partial charge in [-0.25, -0.2) is 9.59 Å². The lowest BCUT2D eigenvalue weighted by atomic mass is 10.1. The van der Waals surface area contributed by atoms with E-state index in [4.69, 9.17) is 10.2 Å². The molecule has 0 aliphatic carbocycles. The molecule has 0 aliphatic heterocycles. The van der Waals surface area contributed by atoms with Gasteiger partial charge in [0.05, 0.1) is 11.1 Å². The first kappa shape index (κ1) is 27.5. The summed E-state index contributed by atoms with van der Waals surface area (Å²) in [5.41, 5.74) is 2.11. The van der Waals surface area contributed by atoms with E-state index in [2.05, 4.69) is 36.2 Å². The minimum absolute atomic E-state index is 0.135. The summed E-state index contributed by atoms with van der Waals surface area (Å²) < 4.78 is 0. The minimum Gasteiger partial charge on any atom is -0.478 e. The zero-order valence-corrected chi connectivity index (χ0v) is 21.9. The topological polar surface area (TPSA) is 178 Å². The highest BCUT2D eigenvalue weighted by atomic mass is 16.4. The molecule has 0 spiro atoms. The molecular formula is C28H27N7O5. The Kier molecular flexibility index (Phi) is 7.89. The predicted octanol–water partition coefficient (Wildman–Crippen LogP) is 5.03. The first-order chi connectivity index (χ1) is 18.9. The smallest absolute Gasteiger partial charge is 0.335 e. The molecule has 0 saturated heterocycles. The summed E-state index contributed by atoms with van der Waals surface area (Å²) in [6.07, 6.45) is 0. The van der Waals surface area contributed by atoms with Crippen LogP contribution in [0.2, 0.25) is 0 Å². The normalized spacial score (nSPS) is 10.9. The monoisotopic (exact) mass is 541 g/mol. The Balaban J connectivity index is 1.59. The molecule has 3 aromatic carbocycles. The van der Waals surface area contributed by atoms with E-state index in [0.29, 0.717) is 22.6 Å². The van der Waals surface area contributed by atoms with Crippen LogP contribution in [0.5, 0.6) is 0 Å². The van der Waals surface area contributed by atoms with Crippen LogP contribution in [0.3, 0.4) is 0 Å². The van der Waals surface area contributed by atoms with Crippen LogP contribution in [0.4, 0.5) is 34.9 Å². The Morgan fingerprint density at radius 1 is 0.550 bits per heavy atom. The Labute approximate surface area is 229 Å². The van der Waals surface area contributed by atoms with E-state index in [-0.39, 0.29) is 40.4 Å². The zero-order valence-electron chi connectivity index (χ0n) is 21.9. The highest BCUT2D eigenvalue weighted by molar-refractivity contribution is 5.95. The van der Waals surface area contributed by atoms with Crippen molar-refractivity contribution >= 4 is 52.8 Å². The number of aromatic carboxylic acids is 2. The molecule has 0 aliphatic rings. The number of carbonyl (C=O) groups excluding carboxylic acids is 1. The number of rotatable bonds is 9. The van der Waals surface area contributed by atoms with Gasteiger partial charge in [0.1, 0.15) is 0 Å². The number of aromatic nitrogens is 3. The number of nitrogens with zero attached hydrogens (tertiary/aromatic N) is 3.